The zero-order chi connectivity index (χ0) is 25.2. The van der Waals surface area contributed by atoms with Gasteiger partial charge in [0.05, 0.1) is 17.6 Å². The lowest BCUT2D eigenvalue weighted by molar-refractivity contribution is -0.118. The lowest BCUT2D eigenvalue weighted by Crippen LogP contribution is -2.42. The van der Waals surface area contributed by atoms with Crippen molar-refractivity contribution >= 4 is 29.0 Å². The summed E-state index contributed by atoms with van der Waals surface area (Å²) < 4.78 is 1.96. The lowest BCUT2D eigenvalue weighted by Gasteiger charge is -2.30. The first kappa shape index (κ1) is 24.4. The fraction of sp³-hybridized carbons (Fsp3) is 0.179. The Morgan fingerprint density at radius 3 is 1.54 bits per heavy atom. The van der Waals surface area contributed by atoms with Crippen molar-refractivity contribution in [2.75, 3.05) is 6.16 Å². The smallest absolute Gasteiger partial charge is 0.333 e. The number of aromatic hydroxyl groups is 1. The van der Waals surface area contributed by atoms with Crippen LogP contribution >= 0.6 is 7.26 Å². The summed E-state index contributed by atoms with van der Waals surface area (Å²) in [5, 5.41) is 14.1. The van der Waals surface area contributed by atoms with E-state index in [1.807, 2.05) is 54.6 Å². The van der Waals surface area contributed by atoms with Crippen LogP contribution in [-0.2, 0) is 18.9 Å². The molecule has 0 fully saturated rings. The van der Waals surface area contributed by atoms with Crippen molar-refractivity contribution in [2.45, 2.75) is 12.8 Å². The van der Waals surface area contributed by atoms with Crippen LogP contribution in [0, 0.1) is 0 Å². The molecular formula is C28H28N2O4P+. The number of benzene rings is 3. The highest BCUT2D eigenvalue weighted by Gasteiger charge is 2.49. The summed E-state index contributed by atoms with van der Waals surface area (Å²) in [7, 11) is 0.277. The maximum absolute atomic E-state index is 13.3. The summed E-state index contributed by atoms with van der Waals surface area (Å²) in [5.74, 6) is -1.64. The molecule has 1 unspecified atom stereocenters. The average Bonchev–Trinajstić information content (AvgIpc) is 2.90. The Morgan fingerprint density at radius 2 is 1.17 bits per heavy atom. The molecule has 1 N–H and O–H groups in total. The van der Waals surface area contributed by atoms with E-state index < -0.39 is 30.3 Å². The molecule has 0 saturated heterocycles. The number of carbonyl (C=O) groups is 1. The van der Waals surface area contributed by atoms with Gasteiger partial charge in [-0.3, -0.25) is 18.7 Å². The highest BCUT2D eigenvalue weighted by molar-refractivity contribution is 7.95. The fourth-order valence-electron chi connectivity index (χ4n) is 4.67. The van der Waals surface area contributed by atoms with E-state index in [9.17, 15) is 19.5 Å². The minimum atomic E-state index is -2.48. The second kappa shape index (κ2) is 9.85. The molecule has 0 aliphatic rings. The zero-order valence-electron chi connectivity index (χ0n) is 20.0. The van der Waals surface area contributed by atoms with Crippen molar-refractivity contribution in [3.8, 4) is 5.88 Å². The van der Waals surface area contributed by atoms with Crippen molar-refractivity contribution in [3.05, 3.63) is 117 Å². The van der Waals surface area contributed by atoms with Gasteiger partial charge in [0.15, 0.2) is 0 Å². The number of nitrogens with zero attached hydrogens (tertiary/aromatic N) is 2. The van der Waals surface area contributed by atoms with Gasteiger partial charge in [-0.05, 0) is 43.3 Å². The van der Waals surface area contributed by atoms with E-state index in [1.54, 1.807) is 0 Å². The number of hydrogen-bond acceptors (Lipinski definition) is 4. The average molecular weight is 488 g/mol. The topological polar surface area (TPSA) is 81.3 Å². The third-order valence-corrected chi connectivity index (χ3v) is 11.0. The molecule has 6 nitrogen and oxygen atoms in total. The Morgan fingerprint density at radius 1 is 0.771 bits per heavy atom. The van der Waals surface area contributed by atoms with Crippen LogP contribution in [0.4, 0.5) is 0 Å². The SMILES string of the molecule is CC(=O)C(C[P+](c1ccccc1)(c1ccccc1)c1ccccc1)c1c(O)n(C)c(=O)n(C)c1=O. The molecule has 1 atom stereocenters. The Balaban J connectivity index is 2.07. The van der Waals surface area contributed by atoms with E-state index in [2.05, 4.69) is 36.4 Å². The van der Waals surface area contributed by atoms with Gasteiger partial charge in [0.1, 0.15) is 29.0 Å². The number of aromatic nitrogens is 2. The predicted octanol–water partition coefficient (Wildman–Crippen LogP) is 2.46. The highest BCUT2D eigenvalue weighted by atomic mass is 31.2. The third-order valence-electron chi connectivity index (χ3n) is 6.55. The van der Waals surface area contributed by atoms with Gasteiger partial charge in [0, 0.05) is 14.1 Å². The summed E-state index contributed by atoms with van der Waals surface area (Å²) in [6, 6.07) is 30.0. The first-order valence-electron chi connectivity index (χ1n) is 11.3. The van der Waals surface area contributed by atoms with Gasteiger partial charge in [-0.25, -0.2) is 4.79 Å². The third kappa shape index (κ3) is 4.26. The van der Waals surface area contributed by atoms with Gasteiger partial charge in [-0.15, -0.1) is 0 Å². The predicted molar refractivity (Wildman–Crippen MR) is 142 cm³/mol. The standard InChI is InChI=1S/C28H27N2O4P/c1-20(31)24(25-26(32)29(2)28(34)30(3)27(25)33)19-35(21-13-7-4-8-14-21,22-15-9-5-10-16-22)23-17-11-6-12-18-23/h4-18,24H,19H2,1-3H3/p+1. The van der Waals surface area contributed by atoms with Gasteiger partial charge in [0.2, 0.25) is 5.88 Å². The minimum absolute atomic E-state index is 0.0470. The molecule has 7 heteroatoms. The maximum atomic E-state index is 13.3. The molecule has 178 valence electrons. The van der Waals surface area contributed by atoms with Gasteiger partial charge >= 0.3 is 5.69 Å². The molecule has 0 bridgehead atoms. The number of ketones is 1. The van der Waals surface area contributed by atoms with E-state index in [-0.39, 0.29) is 11.3 Å². The monoisotopic (exact) mass is 487 g/mol. The Labute approximate surface area is 204 Å². The molecule has 0 amide bonds. The summed E-state index contributed by atoms with van der Waals surface area (Å²) in [6.07, 6.45) is 0.293. The first-order chi connectivity index (χ1) is 16.8. The summed E-state index contributed by atoms with van der Waals surface area (Å²) in [6.45, 7) is 1.43. The molecule has 4 aromatic rings. The van der Waals surface area contributed by atoms with Crippen molar-refractivity contribution in [2.24, 2.45) is 14.1 Å². The van der Waals surface area contributed by atoms with Crippen molar-refractivity contribution < 1.29 is 9.90 Å². The van der Waals surface area contributed by atoms with Crippen LogP contribution in [0.15, 0.2) is 101 Å². The van der Waals surface area contributed by atoms with Crippen molar-refractivity contribution in [1.82, 2.24) is 9.13 Å². The zero-order valence-corrected chi connectivity index (χ0v) is 20.9. The van der Waals surface area contributed by atoms with Crippen LogP contribution in [0.1, 0.15) is 18.4 Å². The van der Waals surface area contributed by atoms with E-state index in [1.165, 1.54) is 21.0 Å². The molecule has 1 aromatic heterocycles. The molecule has 35 heavy (non-hydrogen) atoms. The van der Waals surface area contributed by atoms with E-state index >= 15 is 0 Å². The lowest BCUT2D eigenvalue weighted by atomic mass is 9.99. The summed E-state index contributed by atoms with van der Waals surface area (Å²) in [5.41, 5.74) is -1.35. The normalized spacial score (nSPS) is 12.3. The summed E-state index contributed by atoms with van der Waals surface area (Å²) in [4.78, 5) is 38.8. The Hall–Kier alpha value is -3.76. The second-order valence-electron chi connectivity index (χ2n) is 8.61. The molecule has 0 radical (unpaired) electrons. The van der Waals surface area contributed by atoms with Crippen LogP contribution in [-0.4, -0.2) is 26.2 Å². The number of Topliss-reactive ketones (excluding diaryl/α,β-unsaturated/α-hetero) is 1. The first-order valence-corrected chi connectivity index (χ1v) is 13.3. The van der Waals surface area contributed by atoms with Crippen LogP contribution in [0.2, 0.25) is 0 Å². The van der Waals surface area contributed by atoms with Gasteiger partial charge in [-0.2, -0.15) is 0 Å². The largest absolute Gasteiger partial charge is 0.494 e. The van der Waals surface area contributed by atoms with Gasteiger partial charge in [0.25, 0.3) is 5.56 Å². The Bertz CT molecular complexity index is 1370. The summed E-state index contributed by atoms with van der Waals surface area (Å²) >= 11 is 0. The van der Waals surface area contributed by atoms with Crippen LogP contribution in [0.25, 0.3) is 0 Å². The number of rotatable bonds is 7. The van der Waals surface area contributed by atoms with Crippen LogP contribution < -0.4 is 27.2 Å². The number of carbonyl (C=O) groups excluding carboxylic acids is 1. The quantitative estimate of drug-likeness (QED) is 0.406. The fourth-order valence-corrected chi connectivity index (χ4v) is 9.23. The van der Waals surface area contributed by atoms with E-state index in [0.29, 0.717) is 6.16 Å². The second-order valence-corrected chi connectivity index (χ2v) is 12.1. The molecule has 0 aliphatic heterocycles. The van der Waals surface area contributed by atoms with Crippen LogP contribution in [0.3, 0.4) is 0 Å². The molecule has 4 rings (SSSR count). The van der Waals surface area contributed by atoms with E-state index in [0.717, 1.165) is 25.0 Å². The molecule has 0 aliphatic carbocycles. The van der Waals surface area contributed by atoms with Crippen molar-refractivity contribution in [1.29, 1.82) is 0 Å². The molecule has 0 saturated carbocycles. The van der Waals surface area contributed by atoms with Crippen LogP contribution in [0.5, 0.6) is 5.88 Å². The van der Waals surface area contributed by atoms with Crippen molar-refractivity contribution in [3.63, 3.8) is 0 Å². The Kier molecular flexibility index (Phi) is 6.86. The maximum Gasteiger partial charge on any atom is 0.333 e. The molecule has 3 aromatic carbocycles. The minimum Gasteiger partial charge on any atom is -0.494 e. The molecule has 1 heterocycles. The van der Waals surface area contributed by atoms with Gasteiger partial charge in [-0.1, -0.05) is 54.6 Å². The molecule has 0 spiro atoms. The van der Waals surface area contributed by atoms with E-state index in [4.69, 9.17) is 0 Å². The molecular weight excluding hydrogens is 459 g/mol. The number of hydrogen-bond donors (Lipinski definition) is 1. The van der Waals surface area contributed by atoms with Gasteiger partial charge < -0.3 is 5.11 Å². The highest BCUT2D eigenvalue weighted by Crippen LogP contribution is 2.58.